The van der Waals surface area contributed by atoms with Gasteiger partial charge in [-0.05, 0) is 42.5 Å². The molecule has 0 saturated heterocycles. The number of amides is 1. The average molecular weight is 263 g/mol. The van der Waals surface area contributed by atoms with E-state index in [2.05, 4.69) is 5.32 Å². The van der Waals surface area contributed by atoms with Gasteiger partial charge in [-0.15, -0.1) is 11.3 Å². The normalized spacial score (nSPS) is 10.3. The highest BCUT2D eigenvalue weighted by Crippen LogP contribution is 2.15. The summed E-state index contributed by atoms with van der Waals surface area (Å²) >= 11 is 1.64. The molecule has 1 N–H and O–H groups in total. The zero-order valence-electron chi connectivity index (χ0n) is 10.1. The lowest BCUT2D eigenvalue weighted by Crippen LogP contribution is -2.12. The fourth-order valence-corrected chi connectivity index (χ4v) is 2.29. The highest BCUT2D eigenvalue weighted by molar-refractivity contribution is 7.09. The number of nitrogens with one attached hydrogen (secondary N) is 1. The van der Waals surface area contributed by atoms with E-state index in [1.54, 1.807) is 30.4 Å². The molecular formula is C14H14FNOS. The van der Waals surface area contributed by atoms with Crippen LogP contribution in [0.25, 0.3) is 0 Å². The van der Waals surface area contributed by atoms with Crippen molar-refractivity contribution in [1.29, 1.82) is 0 Å². The first-order chi connectivity index (χ1) is 8.65. The minimum absolute atomic E-state index is 0.0911. The molecule has 0 aliphatic rings. The van der Waals surface area contributed by atoms with Crippen LogP contribution in [-0.4, -0.2) is 5.91 Å². The number of halogens is 1. The predicted molar refractivity (Wildman–Crippen MR) is 72.4 cm³/mol. The smallest absolute Gasteiger partial charge is 0.224 e. The summed E-state index contributed by atoms with van der Waals surface area (Å²) < 4.78 is 13.3. The summed E-state index contributed by atoms with van der Waals surface area (Å²) in [6.45, 7) is 1.69. The Bertz CT molecular complexity index is 537. The molecule has 1 heterocycles. The number of thiophene rings is 1. The molecule has 0 fully saturated rings. The van der Waals surface area contributed by atoms with E-state index in [1.165, 1.54) is 10.9 Å². The second-order valence-corrected chi connectivity index (χ2v) is 5.12. The standard InChI is InChI=1S/C14H14FNOS/c1-10-4-5-11(9-13(10)15)16-14(17)7-6-12-3-2-8-18-12/h2-5,8-9H,6-7H2,1H3,(H,16,17). The van der Waals surface area contributed by atoms with Gasteiger partial charge in [0.15, 0.2) is 0 Å². The Balaban J connectivity index is 1.88. The Morgan fingerprint density at radius 1 is 1.39 bits per heavy atom. The molecule has 1 aromatic heterocycles. The highest BCUT2D eigenvalue weighted by Gasteiger charge is 2.05. The van der Waals surface area contributed by atoms with E-state index in [0.29, 0.717) is 17.7 Å². The number of benzene rings is 1. The number of carbonyl (C=O) groups excluding carboxylic acids is 1. The largest absolute Gasteiger partial charge is 0.326 e. The minimum Gasteiger partial charge on any atom is -0.326 e. The Morgan fingerprint density at radius 3 is 2.89 bits per heavy atom. The van der Waals surface area contributed by atoms with E-state index < -0.39 is 0 Å². The third kappa shape index (κ3) is 3.40. The van der Waals surface area contributed by atoms with Gasteiger partial charge < -0.3 is 5.32 Å². The lowest BCUT2D eigenvalue weighted by molar-refractivity contribution is -0.116. The molecule has 0 unspecified atom stereocenters. The Hall–Kier alpha value is -1.68. The van der Waals surface area contributed by atoms with Crippen molar-refractivity contribution in [2.75, 3.05) is 5.32 Å². The second-order valence-electron chi connectivity index (χ2n) is 4.09. The predicted octanol–water partition coefficient (Wildman–Crippen LogP) is 3.77. The van der Waals surface area contributed by atoms with Gasteiger partial charge in [-0.1, -0.05) is 12.1 Å². The number of hydrogen-bond donors (Lipinski definition) is 1. The minimum atomic E-state index is -0.300. The maximum atomic E-state index is 13.3. The van der Waals surface area contributed by atoms with Crippen molar-refractivity contribution in [2.45, 2.75) is 19.8 Å². The molecule has 0 spiro atoms. The fraction of sp³-hybridized carbons (Fsp3) is 0.214. The van der Waals surface area contributed by atoms with Gasteiger partial charge in [0, 0.05) is 17.0 Å². The third-order valence-corrected chi connectivity index (χ3v) is 3.57. The van der Waals surface area contributed by atoms with Crippen LogP contribution in [0.15, 0.2) is 35.7 Å². The molecule has 0 atom stereocenters. The van der Waals surface area contributed by atoms with Crippen LogP contribution in [0.5, 0.6) is 0 Å². The Kier molecular flexibility index (Phi) is 4.10. The maximum Gasteiger partial charge on any atom is 0.224 e. The van der Waals surface area contributed by atoms with Crippen LogP contribution < -0.4 is 5.32 Å². The highest BCUT2D eigenvalue weighted by atomic mass is 32.1. The summed E-state index contributed by atoms with van der Waals surface area (Å²) in [6.07, 6.45) is 1.13. The molecule has 1 amide bonds. The third-order valence-electron chi connectivity index (χ3n) is 2.63. The lowest BCUT2D eigenvalue weighted by Gasteiger charge is -2.05. The molecule has 0 aliphatic carbocycles. The second kappa shape index (κ2) is 5.78. The van der Waals surface area contributed by atoms with Crippen molar-refractivity contribution in [3.05, 3.63) is 52.0 Å². The number of rotatable bonds is 4. The van der Waals surface area contributed by atoms with Crippen molar-refractivity contribution >= 4 is 22.9 Å². The van der Waals surface area contributed by atoms with Crippen LogP contribution in [0, 0.1) is 12.7 Å². The summed E-state index contributed by atoms with van der Waals surface area (Å²) in [5.74, 6) is -0.391. The van der Waals surface area contributed by atoms with Crippen LogP contribution in [0.4, 0.5) is 10.1 Å². The van der Waals surface area contributed by atoms with Gasteiger partial charge in [-0.2, -0.15) is 0 Å². The summed E-state index contributed by atoms with van der Waals surface area (Å²) in [7, 11) is 0. The van der Waals surface area contributed by atoms with Crippen molar-refractivity contribution in [3.8, 4) is 0 Å². The summed E-state index contributed by atoms with van der Waals surface area (Å²) in [6, 6.07) is 8.68. The maximum absolute atomic E-state index is 13.3. The van der Waals surface area contributed by atoms with Gasteiger partial charge in [0.05, 0.1) is 0 Å². The molecule has 18 heavy (non-hydrogen) atoms. The van der Waals surface area contributed by atoms with Gasteiger partial charge in [-0.25, -0.2) is 4.39 Å². The van der Waals surface area contributed by atoms with Crippen LogP contribution in [0.1, 0.15) is 16.9 Å². The van der Waals surface area contributed by atoms with Gasteiger partial charge in [0.1, 0.15) is 5.82 Å². The first kappa shape index (κ1) is 12.8. The summed E-state index contributed by atoms with van der Waals surface area (Å²) in [5, 5.41) is 4.69. The van der Waals surface area contributed by atoms with Crippen LogP contribution in [-0.2, 0) is 11.2 Å². The van der Waals surface area contributed by atoms with Gasteiger partial charge in [0.2, 0.25) is 5.91 Å². The molecule has 1 aromatic carbocycles. The van der Waals surface area contributed by atoms with Crippen LogP contribution in [0.3, 0.4) is 0 Å². The van der Waals surface area contributed by atoms with E-state index in [0.717, 1.165) is 6.42 Å². The van der Waals surface area contributed by atoms with E-state index in [1.807, 2.05) is 17.5 Å². The molecule has 0 bridgehead atoms. The Labute approximate surface area is 109 Å². The summed E-state index contributed by atoms with van der Waals surface area (Å²) in [4.78, 5) is 12.9. The molecule has 4 heteroatoms. The molecule has 0 radical (unpaired) electrons. The number of anilines is 1. The molecule has 2 rings (SSSR count). The molecule has 0 aliphatic heterocycles. The quantitative estimate of drug-likeness (QED) is 0.894. The van der Waals surface area contributed by atoms with Gasteiger partial charge in [-0.3, -0.25) is 4.79 Å². The van der Waals surface area contributed by atoms with E-state index in [9.17, 15) is 9.18 Å². The zero-order valence-corrected chi connectivity index (χ0v) is 10.9. The molecule has 2 aromatic rings. The molecule has 2 nitrogen and oxygen atoms in total. The molecule has 94 valence electrons. The van der Waals surface area contributed by atoms with Crippen LogP contribution >= 0.6 is 11.3 Å². The van der Waals surface area contributed by atoms with Crippen LogP contribution in [0.2, 0.25) is 0 Å². The fourth-order valence-electron chi connectivity index (χ4n) is 1.59. The number of carbonyl (C=O) groups is 1. The number of aryl methyl sites for hydroxylation is 2. The van der Waals surface area contributed by atoms with Crippen molar-refractivity contribution in [2.24, 2.45) is 0 Å². The zero-order chi connectivity index (χ0) is 13.0. The van der Waals surface area contributed by atoms with Crippen molar-refractivity contribution in [1.82, 2.24) is 0 Å². The van der Waals surface area contributed by atoms with Gasteiger partial charge in [0.25, 0.3) is 0 Å². The molecule has 0 saturated carbocycles. The number of hydrogen-bond acceptors (Lipinski definition) is 2. The first-order valence-electron chi connectivity index (χ1n) is 5.73. The van der Waals surface area contributed by atoms with Gasteiger partial charge >= 0.3 is 0 Å². The topological polar surface area (TPSA) is 29.1 Å². The SMILES string of the molecule is Cc1ccc(NC(=O)CCc2cccs2)cc1F. The van der Waals surface area contributed by atoms with Crippen molar-refractivity contribution < 1.29 is 9.18 Å². The average Bonchev–Trinajstić information content (AvgIpc) is 2.84. The monoisotopic (exact) mass is 263 g/mol. The van der Waals surface area contributed by atoms with E-state index >= 15 is 0 Å². The Morgan fingerprint density at radius 2 is 2.22 bits per heavy atom. The van der Waals surface area contributed by atoms with E-state index in [4.69, 9.17) is 0 Å². The lowest BCUT2D eigenvalue weighted by atomic mass is 10.2. The molecular weight excluding hydrogens is 249 g/mol. The summed E-state index contributed by atoms with van der Waals surface area (Å²) in [5.41, 5.74) is 1.08. The first-order valence-corrected chi connectivity index (χ1v) is 6.61. The van der Waals surface area contributed by atoms with Crippen molar-refractivity contribution in [3.63, 3.8) is 0 Å². The van der Waals surface area contributed by atoms with E-state index in [-0.39, 0.29) is 11.7 Å².